The zero-order valence-electron chi connectivity index (χ0n) is 18.8. The monoisotopic (exact) mass is 431 g/mol. The van der Waals surface area contributed by atoms with Crippen molar-refractivity contribution in [3.05, 3.63) is 65.2 Å². The first-order chi connectivity index (χ1) is 15.4. The first kappa shape index (κ1) is 21.3. The molecule has 1 atom stereocenters. The maximum absolute atomic E-state index is 12.9. The number of ether oxygens (including phenoxy) is 1. The summed E-state index contributed by atoms with van der Waals surface area (Å²) in [7, 11) is 1.61. The van der Waals surface area contributed by atoms with Crippen LogP contribution in [-0.4, -0.2) is 32.5 Å². The molecule has 1 unspecified atom stereocenters. The summed E-state index contributed by atoms with van der Waals surface area (Å²) < 4.78 is 12.8. The molecule has 0 fully saturated rings. The molecule has 0 radical (unpaired) electrons. The first-order valence-electron chi connectivity index (χ1n) is 10.3. The second-order valence-electron chi connectivity index (χ2n) is 7.51. The molecule has 0 amide bonds. The van der Waals surface area contributed by atoms with Crippen LogP contribution in [0, 0.1) is 13.8 Å². The van der Waals surface area contributed by atoms with E-state index >= 15 is 0 Å². The minimum atomic E-state index is -0.344. The fourth-order valence-corrected chi connectivity index (χ4v) is 4.06. The van der Waals surface area contributed by atoms with E-state index in [9.17, 15) is 4.79 Å². The minimum absolute atomic E-state index is 0.245. The molecule has 0 aliphatic heterocycles. The van der Waals surface area contributed by atoms with Gasteiger partial charge in [-0.25, -0.2) is 4.79 Å². The smallest absolute Gasteiger partial charge is 0.327 e. The summed E-state index contributed by atoms with van der Waals surface area (Å²) in [6.07, 6.45) is 6.85. The number of aliphatic imine (C=N–C) groups is 1. The van der Waals surface area contributed by atoms with E-state index in [0.29, 0.717) is 22.7 Å². The van der Waals surface area contributed by atoms with Crippen LogP contribution >= 0.6 is 0 Å². The van der Waals surface area contributed by atoms with E-state index in [1.807, 2.05) is 45.9 Å². The Morgan fingerprint density at radius 3 is 2.78 bits per heavy atom. The predicted molar refractivity (Wildman–Crippen MR) is 127 cm³/mol. The number of nitrogens with zero attached hydrogens (tertiary/aromatic N) is 4. The highest BCUT2D eigenvalue weighted by Gasteiger charge is 2.22. The number of pyridine rings is 1. The van der Waals surface area contributed by atoms with E-state index in [0.717, 1.165) is 33.2 Å². The Morgan fingerprint density at radius 2 is 2.16 bits per heavy atom. The maximum Gasteiger partial charge on any atom is 0.327 e. The molecule has 1 aromatic carbocycles. The third-order valence-corrected chi connectivity index (χ3v) is 5.56. The van der Waals surface area contributed by atoms with Crippen molar-refractivity contribution in [2.75, 3.05) is 7.11 Å². The van der Waals surface area contributed by atoms with Crippen LogP contribution in [0.2, 0.25) is 0 Å². The normalized spacial score (nSPS) is 13.3. The third-order valence-electron chi connectivity index (χ3n) is 5.56. The zero-order chi connectivity index (χ0) is 23.0. The van der Waals surface area contributed by atoms with E-state index in [1.54, 1.807) is 30.1 Å². The average molecular weight is 431 g/mol. The number of aromatic amines is 1. The predicted octanol–water partition coefficient (Wildman–Crippen LogP) is 4.88. The standard InChI is InChI=1S/C24H25N5O3/c1-7-9-25-18(8-2)14(4)29-23-16-11-21(31-6)17(22-13(3)28-32-15(22)5)10-19(16)26-12-20(23)27-24(29)30/h7-12,14H,2H2,1,3-6H3,(H,27,30)/b9-7-,25-18?. The molecule has 4 rings (SSSR count). The van der Waals surface area contributed by atoms with Gasteiger partial charge in [0.05, 0.1) is 52.9 Å². The number of fused-ring (bicyclic) bond motifs is 3. The molecule has 1 N–H and O–H groups in total. The van der Waals surface area contributed by atoms with Crippen molar-refractivity contribution < 1.29 is 9.26 Å². The number of methoxy groups -OCH3 is 1. The van der Waals surface area contributed by atoms with Crippen molar-refractivity contribution in [3.8, 4) is 16.9 Å². The van der Waals surface area contributed by atoms with Gasteiger partial charge in [-0.3, -0.25) is 14.5 Å². The molecule has 8 heteroatoms. The van der Waals surface area contributed by atoms with Gasteiger partial charge in [0.15, 0.2) is 0 Å². The molecule has 0 aliphatic rings. The van der Waals surface area contributed by atoms with Gasteiger partial charge in [-0.15, -0.1) is 0 Å². The Labute approximate surface area is 184 Å². The molecule has 3 aromatic heterocycles. The van der Waals surface area contributed by atoms with Crippen LogP contribution in [0.5, 0.6) is 5.75 Å². The van der Waals surface area contributed by atoms with Crippen LogP contribution in [0.15, 0.2) is 57.6 Å². The van der Waals surface area contributed by atoms with Gasteiger partial charge >= 0.3 is 5.69 Å². The van der Waals surface area contributed by atoms with Crippen LogP contribution in [0.4, 0.5) is 0 Å². The number of rotatable bonds is 6. The Hall–Kier alpha value is -3.94. The Bertz CT molecular complexity index is 1430. The van der Waals surface area contributed by atoms with Gasteiger partial charge in [-0.2, -0.15) is 0 Å². The van der Waals surface area contributed by atoms with Gasteiger partial charge in [-0.05, 0) is 45.9 Å². The van der Waals surface area contributed by atoms with Gasteiger partial charge in [0, 0.05) is 17.1 Å². The Kier molecular flexibility index (Phi) is 5.52. The molecule has 0 bridgehead atoms. The summed E-state index contributed by atoms with van der Waals surface area (Å²) >= 11 is 0. The molecular weight excluding hydrogens is 406 g/mol. The summed E-state index contributed by atoms with van der Waals surface area (Å²) in [6.45, 7) is 11.4. The van der Waals surface area contributed by atoms with Gasteiger partial charge < -0.3 is 14.2 Å². The Balaban J connectivity index is 2.04. The number of imidazole rings is 1. The van der Waals surface area contributed by atoms with Gasteiger partial charge in [0.25, 0.3) is 0 Å². The van der Waals surface area contributed by atoms with Crippen LogP contribution < -0.4 is 10.4 Å². The summed E-state index contributed by atoms with van der Waals surface area (Å²) in [4.78, 5) is 24.9. The maximum atomic E-state index is 12.9. The fraction of sp³-hybridized carbons (Fsp3) is 0.250. The van der Waals surface area contributed by atoms with Crippen molar-refractivity contribution in [1.29, 1.82) is 0 Å². The lowest BCUT2D eigenvalue weighted by atomic mass is 10.00. The van der Waals surface area contributed by atoms with Crippen LogP contribution in [-0.2, 0) is 0 Å². The van der Waals surface area contributed by atoms with E-state index in [1.165, 1.54) is 0 Å². The molecule has 3 heterocycles. The number of aryl methyl sites for hydroxylation is 2. The van der Waals surface area contributed by atoms with Crippen molar-refractivity contribution in [2.45, 2.75) is 33.7 Å². The quantitative estimate of drug-likeness (QED) is 0.439. The van der Waals surface area contributed by atoms with Crippen molar-refractivity contribution in [2.24, 2.45) is 4.99 Å². The average Bonchev–Trinajstić information content (AvgIpc) is 3.30. The highest BCUT2D eigenvalue weighted by Crippen LogP contribution is 2.38. The molecular formula is C24H25N5O3. The van der Waals surface area contributed by atoms with Crippen molar-refractivity contribution in [1.82, 2.24) is 19.7 Å². The van der Waals surface area contributed by atoms with Crippen molar-refractivity contribution in [3.63, 3.8) is 0 Å². The summed E-state index contributed by atoms with van der Waals surface area (Å²) in [5, 5.41) is 4.85. The van der Waals surface area contributed by atoms with Crippen LogP contribution in [0.1, 0.15) is 31.3 Å². The topological polar surface area (TPSA) is 98.3 Å². The number of hydrogen-bond acceptors (Lipinski definition) is 6. The first-order valence-corrected chi connectivity index (χ1v) is 10.3. The molecule has 164 valence electrons. The summed E-state index contributed by atoms with van der Waals surface area (Å²) in [5.74, 6) is 1.34. The number of benzene rings is 1. The SMILES string of the molecule is C=CC(=N/C=C\C)C(C)n1c(=O)[nH]c2cnc3cc(-c4c(C)noc4C)c(OC)cc3c21. The second-order valence-corrected chi connectivity index (χ2v) is 7.51. The van der Waals surface area contributed by atoms with Crippen molar-refractivity contribution >= 4 is 27.6 Å². The second kappa shape index (κ2) is 8.30. The van der Waals surface area contributed by atoms with E-state index < -0.39 is 0 Å². The van der Waals surface area contributed by atoms with Gasteiger partial charge in [0.2, 0.25) is 0 Å². The third kappa shape index (κ3) is 3.33. The molecule has 0 saturated heterocycles. The lowest BCUT2D eigenvalue weighted by Crippen LogP contribution is -2.25. The molecule has 4 aromatic rings. The molecule has 0 aliphatic carbocycles. The number of nitrogens with one attached hydrogen (secondary N) is 1. The van der Waals surface area contributed by atoms with E-state index in [4.69, 9.17) is 9.26 Å². The lowest BCUT2D eigenvalue weighted by molar-refractivity contribution is 0.393. The lowest BCUT2D eigenvalue weighted by Gasteiger charge is -2.16. The number of allylic oxidation sites excluding steroid dienone is 2. The van der Waals surface area contributed by atoms with Gasteiger partial charge in [-0.1, -0.05) is 17.8 Å². The minimum Gasteiger partial charge on any atom is -0.496 e. The highest BCUT2D eigenvalue weighted by atomic mass is 16.5. The highest BCUT2D eigenvalue weighted by molar-refractivity contribution is 6.06. The molecule has 0 saturated carbocycles. The fourth-order valence-electron chi connectivity index (χ4n) is 4.06. The van der Waals surface area contributed by atoms with Crippen LogP contribution in [0.3, 0.4) is 0 Å². The molecule has 8 nitrogen and oxygen atoms in total. The number of H-pyrrole nitrogens is 1. The van der Waals surface area contributed by atoms with E-state index in [2.05, 4.69) is 26.7 Å². The van der Waals surface area contributed by atoms with E-state index in [-0.39, 0.29) is 11.7 Å². The number of hydrogen-bond donors (Lipinski definition) is 1. The molecule has 0 spiro atoms. The largest absolute Gasteiger partial charge is 0.496 e. The zero-order valence-corrected chi connectivity index (χ0v) is 18.8. The summed E-state index contributed by atoms with van der Waals surface area (Å²) in [6, 6.07) is 3.50. The number of aromatic nitrogens is 4. The van der Waals surface area contributed by atoms with Crippen LogP contribution in [0.25, 0.3) is 33.1 Å². The molecule has 32 heavy (non-hydrogen) atoms. The van der Waals surface area contributed by atoms with Gasteiger partial charge in [0.1, 0.15) is 11.5 Å². The Morgan fingerprint density at radius 1 is 1.38 bits per heavy atom. The summed E-state index contributed by atoms with van der Waals surface area (Å²) in [5.41, 5.74) is 4.99.